The zero-order chi connectivity index (χ0) is 21.1. The molecule has 2 N–H and O–H groups in total. The number of methoxy groups -OCH3 is 1. The van der Waals surface area contributed by atoms with E-state index in [4.69, 9.17) is 15.2 Å². The second-order valence-corrected chi connectivity index (χ2v) is 8.11. The fraction of sp³-hybridized carbons (Fsp3) is 0.381. The van der Waals surface area contributed by atoms with Crippen LogP contribution in [0.15, 0.2) is 52.3 Å². The van der Waals surface area contributed by atoms with Gasteiger partial charge in [-0.3, -0.25) is 9.69 Å². The largest absolute Gasteiger partial charge is 0.466 e. The van der Waals surface area contributed by atoms with Gasteiger partial charge in [-0.2, -0.15) is 0 Å². The van der Waals surface area contributed by atoms with Gasteiger partial charge in [0, 0.05) is 0 Å². The van der Waals surface area contributed by atoms with Crippen molar-refractivity contribution in [2.75, 3.05) is 13.7 Å². The van der Waals surface area contributed by atoms with Crippen LogP contribution in [-0.2, 0) is 23.9 Å². The second kappa shape index (κ2) is 8.73. The number of nitrogens with zero attached hydrogens (tertiary/aromatic N) is 1. The Morgan fingerprint density at radius 2 is 1.86 bits per heavy atom. The molecule has 1 aromatic rings. The molecule has 1 aromatic carbocycles. The molecule has 2 aliphatic heterocycles. The predicted octanol–water partition coefficient (Wildman–Crippen LogP) is 2.65. The average molecular weight is 416 g/mol. The van der Waals surface area contributed by atoms with Gasteiger partial charge in [0.1, 0.15) is 5.82 Å². The number of benzene rings is 1. The first-order chi connectivity index (χ1) is 13.9. The normalized spacial score (nSPS) is 21.3. The summed E-state index contributed by atoms with van der Waals surface area (Å²) in [5.74, 6) is -2.31. The van der Waals surface area contributed by atoms with E-state index in [0.29, 0.717) is 17.0 Å². The van der Waals surface area contributed by atoms with E-state index in [2.05, 4.69) is 0 Å². The zero-order valence-electron chi connectivity index (χ0n) is 16.6. The molecule has 154 valence electrons. The summed E-state index contributed by atoms with van der Waals surface area (Å²) in [7, 11) is 1.27. The maximum atomic E-state index is 13.0. The Bertz CT molecular complexity index is 894. The zero-order valence-corrected chi connectivity index (χ0v) is 17.5. The summed E-state index contributed by atoms with van der Waals surface area (Å²) in [4.78, 5) is 39.8. The molecular formula is C21H24N2O5S. The van der Waals surface area contributed by atoms with Crippen LogP contribution >= 0.6 is 11.8 Å². The van der Waals surface area contributed by atoms with Crippen molar-refractivity contribution in [2.45, 2.75) is 37.9 Å². The first-order valence-corrected chi connectivity index (χ1v) is 10.3. The number of hydrogen-bond acceptors (Lipinski definition) is 7. The number of esters is 2. The second-order valence-electron chi connectivity index (χ2n) is 6.78. The molecule has 0 radical (unpaired) electrons. The van der Waals surface area contributed by atoms with Gasteiger partial charge >= 0.3 is 11.9 Å². The highest BCUT2D eigenvalue weighted by atomic mass is 32.2. The highest BCUT2D eigenvalue weighted by Crippen LogP contribution is 2.49. The van der Waals surface area contributed by atoms with Crippen molar-refractivity contribution in [3.05, 3.63) is 57.9 Å². The van der Waals surface area contributed by atoms with E-state index >= 15 is 0 Å². The van der Waals surface area contributed by atoms with Gasteiger partial charge in [0.05, 0.1) is 41.1 Å². The molecule has 2 aliphatic rings. The molecule has 0 aliphatic carbocycles. The van der Waals surface area contributed by atoms with Crippen LogP contribution in [0, 0.1) is 0 Å². The van der Waals surface area contributed by atoms with Crippen molar-refractivity contribution in [3.63, 3.8) is 0 Å². The van der Waals surface area contributed by atoms with Crippen molar-refractivity contribution in [2.24, 2.45) is 5.73 Å². The van der Waals surface area contributed by atoms with Crippen molar-refractivity contribution >= 4 is 29.6 Å². The van der Waals surface area contributed by atoms with Crippen LogP contribution in [0.1, 0.15) is 38.2 Å². The standard InChI is InChI=1S/C21H24N2O5S/c1-4-5-11-28-21(26)15-14(13-9-7-6-8-10-13)16(20(25)27-3)19-23(17(15)22)18(24)12(2)29-19/h6-10,12,14H,4-5,11,22H2,1-3H3. The maximum Gasteiger partial charge on any atom is 0.338 e. The first-order valence-electron chi connectivity index (χ1n) is 9.47. The van der Waals surface area contributed by atoms with Crippen molar-refractivity contribution < 1.29 is 23.9 Å². The van der Waals surface area contributed by atoms with Gasteiger partial charge in [-0.15, -0.1) is 0 Å². The monoisotopic (exact) mass is 416 g/mol. The molecule has 0 aromatic heterocycles. The minimum atomic E-state index is -0.783. The molecule has 1 saturated heterocycles. The lowest BCUT2D eigenvalue weighted by Crippen LogP contribution is -2.40. The molecule has 0 spiro atoms. The van der Waals surface area contributed by atoms with E-state index in [1.807, 2.05) is 25.1 Å². The van der Waals surface area contributed by atoms with Crippen LogP contribution in [0.25, 0.3) is 0 Å². The van der Waals surface area contributed by atoms with E-state index in [1.165, 1.54) is 23.8 Å². The molecule has 29 heavy (non-hydrogen) atoms. The van der Waals surface area contributed by atoms with Gasteiger partial charge in [-0.1, -0.05) is 55.4 Å². The smallest absolute Gasteiger partial charge is 0.338 e. The third kappa shape index (κ3) is 3.76. The predicted molar refractivity (Wildman–Crippen MR) is 109 cm³/mol. The maximum absolute atomic E-state index is 13.0. The molecule has 0 saturated carbocycles. The first kappa shape index (κ1) is 21.0. The summed E-state index contributed by atoms with van der Waals surface area (Å²) < 4.78 is 10.4. The molecule has 3 rings (SSSR count). The van der Waals surface area contributed by atoms with Crippen molar-refractivity contribution in [1.29, 1.82) is 0 Å². The number of hydrogen-bond donors (Lipinski definition) is 1. The van der Waals surface area contributed by atoms with Crippen LogP contribution in [0.4, 0.5) is 0 Å². The van der Waals surface area contributed by atoms with Crippen LogP contribution in [0.5, 0.6) is 0 Å². The number of amides is 1. The minimum absolute atomic E-state index is 0.00449. The quantitative estimate of drug-likeness (QED) is 0.562. The van der Waals surface area contributed by atoms with Gasteiger partial charge < -0.3 is 15.2 Å². The summed E-state index contributed by atoms with van der Waals surface area (Å²) in [6.07, 6.45) is 1.57. The lowest BCUT2D eigenvalue weighted by Gasteiger charge is -2.33. The Labute approximate surface area is 173 Å². The van der Waals surface area contributed by atoms with Gasteiger partial charge in [0.2, 0.25) is 5.91 Å². The van der Waals surface area contributed by atoms with Gasteiger partial charge in [-0.05, 0) is 18.9 Å². The number of thioether (sulfide) groups is 1. The van der Waals surface area contributed by atoms with Crippen LogP contribution in [0.2, 0.25) is 0 Å². The fourth-order valence-corrected chi connectivity index (χ4v) is 4.57. The Morgan fingerprint density at radius 1 is 1.17 bits per heavy atom. The molecule has 0 bridgehead atoms. The number of ether oxygens (including phenoxy) is 2. The van der Waals surface area contributed by atoms with E-state index < -0.39 is 23.1 Å². The van der Waals surface area contributed by atoms with E-state index in [9.17, 15) is 14.4 Å². The highest BCUT2D eigenvalue weighted by Gasteiger charge is 2.48. The van der Waals surface area contributed by atoms with Gasteiger partial charge in [0.25, 0.3) is 0 Å². The van der Waals surface area contributed by atoms with Crippen LogP contribution in [0.3, 0.4) is 0 Å². The number of carbonyl (C=O) groups is 3. The summed E-state index contributed by atoms with van der Waals surface area (Å²) in [5, 5.41) is -0.0269. The average Bonchev–Trinajstić information content (AvgIpc) is 3.02. The molecule has 2 heterocycles. The van der Waals surface area contributed by atoms with E-state index in [-0.39, 0.29) is 29.5 Å². The summed E-state index contributed by atoms with van der Waals surface area (Å²) in [6, 6.07) is 9.08. The molecule has 1 fully saturated rings. The third-order valence-corrected chi connectivity index (χ3v) is 6.05. The van der Waals surface area contributed by atoms with E-state index in [1.54, 1.807) is 19.1 Å². The topological polar surface area (TPSA) is 98.9 Å². The number of rotatable bonds is 6. The molecular weight excluding hydrogens is 392 g/mol. The number of unbranched alkanes of at least 4 members (excludes halogenated alkanes) is 1. The molecule has 1 amide bonds. The number of fused-ring (bicyclic) bond motifs is 1. The fourth-order valence-electron chi connectivity index (χ4n) is 3.40. The van der Waals surface area contributed by atoms with Crippen molar-refractivity contribution in [3.8, 4) is 0 Å². The summed E-state index contributed by atoms with van der Waals surface area (Å²) in [5.41, 5.74) is 7.33. The van der Waals surface area contributed by atoms with Gasteiger partial charge in [0.15, 0.2) is 0 Å². The lowest BCUT2D eigenvalue weighted by molar-refractivity contribution is -0.139. The third-order valence-electron chi connectivity index (χ3n) is 4.87. The Kier molecular flexibility index (Phi) is 6.32. The van der Waals surface area contributed by atoms with Crippen LogP contribution < -0.4 is 5.73 Å². The Morgan fingerprint density at radius 3 is 2.48 bits per heavy atom. The molecule has 7 nitrogen and oxygen atoms in total. The number of carbonyl (C=O) groups excluding carboxylic acids is 3. The Balaban J connectivity index is 2.20. The minimum Gasteiger partial charge on any atom is -0.466 e. The van der Waals surface area contributed by atoms with Crippen molar-refractivity contribution in [1.82, 2.24) is 4.90 Å². The molecule has 2 unspecified atom stereocenters. The molecule has 8 heteroatoms. The SMILES string of the molecule is CCCCOC(=O)C1=C(N)N2C(=O)C(C)SC2=C(C(=O)OC)C1c1ccccc1. The summed E-state index contributed by atoms with van der Waals surface area (Å²) in [6.45, 7) is 3.95. The molecule has 2 atom stereocenters. The van der Waals surface area contributed by atoms with Gasteiger partial charge in [-0.25, -0.2) is 9.59 Å². The highest BCUT2D eigenvalue weighted by molar-refractivity contribution is 8.04. The summed E-state index contributed by atoms with van der Waals surface area (Å²) >= 11 is 1.24. The lowest BCUT2D eigenvalue weighted by atomic mass is 9.82. The van der Waals surface area contributed by atoms with Crippen LogP contribution in [-0.4, -0.2) is 41.7 Å². The Hall–Kier alpha value is -2.74. The number of nitrogens with two attached hydrogens (primary N) is 1. The van der Waals surface area contributed by atoms with E-state index in [0.717, 1.165) is 6.42 Å².